The summed E-state index contributed by atoms with van der Waals surface area (Å²) in [5.41, 5.74) is 8.95. The van der Waals surface area contributed by atoms with Crippen LogP contribution in [-0.2, 0) is 0 Å². The summed E-state index contributed by atoms with van der Waals surface area (Å²) in [5, 5.41) is 13.7. The molecule has 3 aliphatic rings. The molecule has 3 rings (SSSR count). The summed E-state index contributed by atoms with van der Waals surface area (Å²) in [7, 11) is 0. The monoisotopic (exact) mass is 406 g/mol. The van der Waals surface area contributed by atoms with E-state index in [1.165, 1.54) is 6.21 Å². The van der Waals surface area contributed by atoms with E-state index >= 15 is 0 Å². The highest BCUT2D eigenvalue weighted by Gasteiger charge is 2.44. The van der Waals surface area contributed by atoms with Crippen LogP contribution in [0.4, 0.5) is 13.2 Å². The van der Waals surface area contributed by atoms with E-state index in [0.717, 1.165) is 11.3 Å². The van der Waals surface area contributed by atoms with E-state index in [4.69, 9.17) is 11.1 Å². The number of fused-ring (bicyclic) bond motifs is 1. The molecular formula is C20H25F3N6. The van der Waals surface area contributed by atoms with E-state index in [1.807, 2.05) is 26.0 Å². The second-order valence-electron chi connectivity index (χ2n) is 7.48. The summed E-state index contributed by atoms with van der Waals surface area (Å²) in [6, 6.07) is 0. The van der Waals surface area contributed by atoms with Gasteiger partial charge in [0.25, 0.3) is 0 Å². The number of likely N-dealkylation sites (tertiary alicyclic amines) is 1. The number of halogens is 3. The Balaban J connectivity index is 1.72. The first kappa shape index (κ1) is 20.8. The van der Waals surface area contributed by atoms with Crippen LogP contribution in [0.25, 0.3) is 0 Å². The fourth-order valence-electron chi connectivity index (χ4n) is 3.31. The summed E-state index contributed by atoms with van der Waals surface area (Å²) >= 11 is 0. The fraction of sp³-hybridized carbons (Fsp3) is 0.400. The Morgan fingerprint density at radius 2 is 2.10 bits per heavy atom. The molecule has 1 fully saturated rings. The third-order valence-electron chi connectivity index (χ3n) is 5.04. The Bertz CT molecular complexity index is 858. The third-order valence-corrected chi connectivity index (χ3v) is 5.04. The van der Waals surface area contributed by atoms with Gasteiger partial charge in [0.2, 0.25) is 0 Å². The van der Waals surface area contributed by atoms with Gasteiger partial charge >= 0.3 is 6.18 Å². The van der Waals surface area contributed by atoms with E-state index < -0.39 is 12.1 Å². The molecule has 156 valence electrons. The second kappa shape index (κ2) is 8.18. The summed E-state index contributed by atoms with van der Waals surface area (Å²) in [4.78, 5) is 6.06. The smallest absolute Gasteiger partial charge is 0.384 e. The van der Waals surface area contributed by atoms with Crippen LogP contribution in [-0.4, -0.2) is 36.2 Å². The van der Waals surface area contributed by atoms with Crippen molar-refractivity contribution in [1.82, 2.24) is 15.5 Å². The average Bonchev–Trinajstić information content (AvgIpc) is 3.16. The largest absolute Gasteiger partial charge is 0.393 e. The minimum absolute atomic E-state index is 0.0416. The van der Waals surface area contributed by atoms with Gasteiger partial charge in [-0.15, -0.1) is 0 Å². The van der Waals surface area contributed by atoms with Gasteiger partial charge in [0, 0.05) is 25.5 Å². The number of rotatable bonds is 5. The molecule has 0 aromatic carbocycles. The maximum Gasteiger partial charge on any atom is 0.393 e. The summed E-state index contributed by atoms with van der Waals surface area (Å²) in [6.45, 7) is 4.25. The molecule has 3 aliphatic heterocycles. The first-order chi connectivity index (χ1) is 13.7. The highest BCUT2D eigenvalue weighted by atomic mass is 19.4. The van der Waals surface area contributed by atoms with Crippen molar-refractivity contribution in [3.05, 3.63) is 59.0 Å². The number of hydrogen-bond acceptors (Lipinski definition) is 5. The van der Waals surface area contributed by atoms with Crippen LogP contribution in [0.3, 0.4) is 0 Å². The lowest BCUT2D eigenvalue weighted by Gasteiger charge is -2.28. The van der Waals surface area contributed by atoms with Gasteiger partial charge in [-0.25, -0.2) is 4.99 Å². The van der Waals surface area contributed by atoms with Crippen LogP contribution in [0.5, 0.6) is 0 Å². The SMILES string of the molecule is CC(C)C(C=N)=CC(N)=NC1=CC=C2NC=C(N3CCC(C(F)(F)F)C3)C=C2N1. The zero-order chi connectivity index (χ0) is 21.2. The molecule has 5 N–H and O–H groups in total. The molecule has 0 aromatic heterocycles. The average molecular weight is 406 g/mol. The van der Waals surface area contributed by atoms with Gasteiger partial charge in [-0.3, -0.25) is 0 Å². The highest BCUT2D eigenvalue weighted by molar-refractivity contribution is 5.97. The Kier molecular flexibility index (Phi) is 5.86. The van der Waals surface area contributed by atoms with Crippen molar-refractivity contribution in [3.8, 4) is 0 Å². The van der Waals surface area contributed by atoms with Crippen LogP contribution >= 0.6 is 0 Å². The molecule has 0 radical (unpaired) electrons. The number of nitrogens with two attached hydrogens (primary N) is 1. The first-order valence-corrected chi connectivity index (χ1v) is 9.43. The molecule has 0 aromatic rings. The Morgan fingerprint density at radius 1 is 1.34 bits per heavy atom. The topological polar surface area (TPSA) is 89.5 Å². The van der Waals surface area contributed by atoms with E-state index in [2.05, 4.69) is 15.6 Å². The van der Waals surface area contributed by atoms with Crippen molar-refractivity contribution >= 4 is 12.1 Å². The number of dihydropyridines is 2. The van der Waals surface area contributed by atoms with Crippen molar-refractivity contribution in [2.75, 3.05) is 13.1 Å². The minimum atomic E-state index is -4.17. The zero-order valence-electron chi connectivity index (χ0n) is 16.3. The predicted molar refractivity (Wildman–Crippen MR) is 108 cm³/mol. The Labute approximate surface area is 167 Å². The number of nitrogens with one attached hydrogen (secondary N) is 3. The fourth-order valence-corrected chi connectivity index (χ4v) is 3.31. The zero-order valence-corrected chi connectivity index (χ0v) is 16.3. The van der Waals surface area contributed by atoms with Gasteiger partial charge in [0.15, 0.2) is 0 Å². The number of nitrogens with zero attached hydrogens (tertiary/aromatic N) is 2. The number of aliphatic imine (C=N–C) groups is 1. The molecule has 0 saturated carbocycles. The van der Waals surface area contributed by atoms with Crippen LogP contribution in [0.2, 0.25) is 0 Å². The van der Waals surface area contributed by atoms with Gasteiger partial charge in [0.05, 0.1) is 23.0 Å². The predicted octanol–water partition coefficient (Wildman–Crippen LogP) is 3.12. The Morgan fingerprint density at radius 3 is 2.72 bits per heavy atom. The van der Waals surface area contributed by atoms with E-state index in [0.29, 0.717) is 23.8 Å². The van der Waals surface area contributed by atoms with Crippen LogP contribution in [0.15, 0.2) is 64.0 Å². The van der Waals surface area contributed by atoms with Gasteiger partial charge in [-0.05, 0) is 42.2 Å². The van der Waals surface area contributed by atoms with E-state index in [-0.39, 0.29) is 24.7 Å². The van der Waals surface area contributed by atoms with Crippen LogP contribution in [0, 0.1) is 17.2 Å². The number of alkyl halides is 3. The van der Waals surface area contributed by atoms with Crippen molar-refractivity contribution in [3.63, 3.8) is 0 Å². The lowest BCUT2D eigenvalue weighted by Crippen LogP contribution is -2.31. The molecular weight excluding hydrogens is 381 g/mol. The lowest BCUT2D eigenvalue weighted by atomic mass is 10.0. The molecule has 0 aliphatic carbocycles. The van der Waals surface area contributed by atoms with Crippen molar-refractivity contribution < 1.29 is 13.2 Å². The summed E-state index contributed by atoms with van der Waals surface area (Å²) in [5.74, 6) is -0.367. The normalized spacial score (nSPS) is 22.8. The quantitative estimate of drug-likeness (QED) is 0.417. The molecule has 6 nitrogen and oxygen atoms in total. The maximum absolute atomic E-state index is 13.0. The number of amidine groups is 1. The summed E-state index contributed by atoms with van der Waals surface area (Å²) in [6.07, 6.45) is 5.95. The van der Waals surface area contributed by atoms with Gasteiger partial charge in [-0.1, -0.05) is 13.8 Å². The van der Waals surface area contributed by atoms with Crippen LogP contribution < -0.4 is 16.4 Å². The molecule has 0 spiro atoms. The first-order valence-electron chi connectivity index (χ1n) is 9.43. The second-order valence-corrected chi connectivity index (χ2v) is 7.48. The van der Waals surface area contributed by atoms with Gasteiger partial charge in [-0.2, -0.15) is 13.2 Å². The number of hydrogen-bond donors (Lipinski definition) is 4. The standard InChI is InChI=1S/C20H25F3N6/c1-12(2)13(9-24)7-18(25)28-19-4-3-16-17(27-19)8-15(10-26-16)29-6-5-14(11-29)20(21,22)23/h3-4,7-10,12,14,24,26-27H,5-6,11H2,1-2H3,(H2,25,28). The third kappa shape index (κ3) is 4.90. The molecule has 1 atom stereocenters. The van der Waals surface area contributed by atoms with Gasteiger partial charge < -0.3 is 26.7 Å². The lowest BCUT2D eigenvalue weighted by molar-refractivity contribution is -0.170. The van der Waals surface area contributed by atoms with Crippen molar-refractivity contribution in [2.45, 2.75) is 26.4 Å². The van der Waals surface area contributed by atoms with Crippen molar-refractivity contribution in [2.24, 2.45) is 22.6 Å². The molecule has 29 heavy (non-hydrogen) atoms. The van der Waals surface area contributed by atoms with Gasteiger partial charge in [0.1, 0.15) is 11.7 Å². The molecule has 1 saturated heterocycles. The van der Waals surface area contributed by atoms with E-state index in [1.54, 1.807) is 23.3 Å². The molecule has 1 unspecified atom stereocenters. The number of allylic oxidation sites excluding steroid dienone is 4. The highest BCUT2D eigenvalue weighted by Crippen LogP contribution is 2.35. The molecule has 9 heteroatoms. The minimum Gasteiger partial charge on any atom is -0.384 e. The van der Waals surface area contributed by atoms with Crippen LogP contribution in [0.1, 0.15) is 20.3 Å². The van der Waals surface area contributed by atoms with Crippen molar-refractivity contribution in [1.29, 1.82) is 5.41 Å². The summed E-state index contributed by atoms with van der Waals surface area (Å²) < 4.78 is 38.9. The maximum atomic E-state index is 13.0. The Hall–Kier alpha value is -2.97. The van der Waals surface area contributed by atoms with E-state index in [9.17, 15) is 13.2 Å². The molecule has 0 amide bonds. The molecule has 3 heterocycles. The molecule has 0 bridgehead atoms.